The van der Waals surface area contributed by atoms with Gasteiger partial charge in [-0.3, -0.25) is 4.79 Å². The van der Waals surface area contributed by atoms with E-state index in [4.69, 9.17) is 10.5 Å². The van der Waals surface area contributed by atoms with E-state index >= 15 is 0 Å². The molecule has 1 saturated heterocycles. The second-order valence-corrected chi connectivity index (χ2v) is 8.61. The molecule has 0 aliphatic carbocycles. The smallest absolute Gasteiger partial charge is 0.311 e. The van der Waals surface area contributed by atoms with Crippen molar-refractivity contribution in [2.24, 2.45) is 5.41 Å². The Balaban J connectivity index is 1.38. The lowest BCUT2D eigenvalue weighted by Crippen LogP contribution is -2.39. The van der Waals surface area contributed by atoms with E-state index < -0.39 is 11.4 Å². The maximum absolute atomic E-state index is 11.2. The predicted molar refractivity (Wildman–Crippen MR) is 118 cm³/mol. The summed E-state index contributed by atoms with van der Waals surface area (Å²) in [4.78, 5) is 25.7. The van der Waals surface area contributed by atoms with Crippen molar-refractivity contribution < 1.29 is 19.7 Å². The van der Waals surface area contributed by atoms with Crippen molar-refractivity contribution in [1.29, 1.82) is 0 Å². The van der Waals surface area contributed by atoms with E-state index in [2.05, 4.69) is 19.9 Å². The van der Waals surface area contributed by atoms with Gasteiger partial charge in [-0.2, -0.15) is 0 Å². The molecule has 0 saturated carbocycles. The third-order valence-corrected chi connectivity index (χ3v) is 5.68. The number of phenolic OH excluding ortho intramolecular Hbond substituents is 1. The second-order valence-electron chi connectivity index (χ2n) is 8.61. The van der Waals surface area contributed by atoms with E-state index in [9.17, 15) is 15.0 Å². The Bertz CT molecular complexity index is 1050. The molecule has 2 aromatic heterocycles. The van der Waals surface area contributed by atoms with Crippen molar-refractivity contribution >= 4 is 28.5 Å². The Hall–Kier alpha value is -3.33. The number of benzene rings is 1. The van der Waals surface area contributed by atoms with Gasteiger partial charge in [0.05, 0.1) is 34.8 Å². The number of anilines is 2. The van der Waals surface area contributed by atoms with Crippen LogP contribution in [0.15, 0.2) is 30.5 Å². The van der Waals surface area contributed by atoms with Gasteiger partial charge in [0.1, 0.15) is 17.4 Å². The number of fused-ring (bicyclic) bond motifs is 1. The molecule has 0 unspecified atom stereocenters. The number of hydrogen-bond acceptors (Lipinski definition) is 7. The third-order valence-electron chi connectivity index (χ3n) is 5.68. The fourth-order valence-electron chi connectivity index (χ4n) is 3.55. The fourth-order valence-corrected chi connectivity index (χ4v) is 3.55. The zero-order valence-electron chi connectivity index (χ0n) is 17.6. The summed E-state index contributed by atoms with van der Waals surface area (Å²) in [6.07, 6.45) is 3.49. The first kappa shape index (κ1) is 20.9. The number of pyridine rings is 1. The number of H-pyrrole nitrogens is 1. The number of aliphatic carboxylic acids is 1. The Morgan fingerprint density at radius 1 is 1.32 bits per heavy atom. The van der Waals surface area contributed by atoms with Crippen molar-refractivity contribution in [2.75, 3.05) is 30.3 Å². The molecule has 0 spiro atoms. The summed E-state index contributed by atoms with van der Waals surface area (Å²) >= 11 is 0. The predicted octanol–water partition coefficient (Wildman–Crippen LogP) is 3.01. The standard InChI is InChI=1S/C22H27N5O4/c1-22(2,21(29)30)12-31-14-5-7-27(8-6-14)19-4-3-13(11-24-19)20-25-16-9-15(23)18(28)10-17(16)26-20/h3-4,9-11,14,28H,5-8,12,23H2,1-2H3,(H,25,26)(H,29,30). The molecule has 31 heavy (non-hydrogen) atoms. The highest BCUT2D eigenvalue weighted by Gasteiger charge is 2.30. The van der Waals surface area contributed by atoms with Gasteiger partial charge in [-0.05, 0) is 44.9 Å². The molecule has 1 fully saturated rings. The van der Waals surface area contributed by atoms with Crippen LogP contribution in [-0.2, 0) is 9.53 Å². The number of carboxylic acid groups (broad SMARTS) is 1. The van der Waals surface area contributed by atoms with Crippen LogP contribution in [0.4, 0.5) is 11.5 Å². The quantitative estimate of drug-likeness (QED) is 0.349. The summed E-state index contributed by atoms with van der Waals surface area (Å²) in [5, 5.41) is 19.0. The largest absolute Gasteiger partial charge is 0.506 e. The van der Waals surface area contributed by atoms with Crippen LogP contribution in [0, 0.1) is 5.41 Å². The molecule has 3 heterocycles. The number of nitrogens with zero attached hydrogens (tertiary/aromatic N) is 3. The van der Waals surface area contributed by atoms with Crippen LogP contribution in [0.25, 0.3) is 22.4 Å². The number of nitrogen functional groups attached to an aromatic ring is 1. The van der Waals surface area contributed by atoms with Gasteiger partial charge < -0.3 is 30.6 Å². The number of ether oxygens (including phenoxy) is 1. The van der Waals surface area contributed by atoms with Gasteiger partial charge in [0.25, 0.3) is 0 Å². The molecule has 9 heteroatoms. The highest BCUT2D eigenvalue weighted by Crippen LogP contribution is 2.29. The zero-order valence-corrected chi connectivity index (χ0v) is 17.6. The molecular weight excluding hydrogens is 398 g/mol. The summed E-state index contributed by atoms with van der Waals surface area (Å²) in [7, 11) is 0. The molecule has 1 aromatic carbocycles. The number of aromatic nitrogens is 3. The van der Waals surface area contributed by atoms with Gasteiger partial charge in [-0.25, -0.2) is 9.97 Å². The number of aromatic amines is 1. The molecule has 4 rings (SSSR count). The lowest BCUT2D eigenvalue weighted by Gasteiger charge is -2.34. The topological polar surface area (TPSA) is 138 Å². The summed E-state index contributed by atoms with van der Waals surface area (Å²) < 4.78 is 5.85. The molecule has 0 atom stereocenters. The van der Waals surface area contributed by atoms with Gasteiger partial charge in [0.15, 0.2) is 0 Å². The first-order chi connectivity index (χ1) is 14.7. The molecule has 3 aromatic rings. The molecule has 0 amide bonds. The highest BCUT2D eigenvalue weighted by atomic mass is 16.5. The van der Waals surface area contributed by atoms with Crippen LogP contribution in [0.2, 0.25) is 0 Å². The van der Waals surface area contributed by atoms with Crippen LogP contribution in [-0.4, -0.2) is 56.9 Å². The van der Waals surface area contributed by atoms with Crippen molar-refractivity contribution in [1.82, 2.24) is 15.0 Å². The second kappa shape index (κ2) is 8.07. The molecule has 0 radical (unpaired) electrons. The number of carbonyl (C=O) groups is 1. The number of carboxylic acids is 1. The maximum atomic E-state index is 11.2. The van der Waals surface area contributed by atoms with E-state index in [1.54, 1.807) is 26.1 Å². The van der Waals surface area contributed by atoms with Crippen LogP contribution >= 0.6 is 0 Å². The number of nitrogens with two attached hydrogens (primary N) is 1. The highest BCUT2D eigenvalue weighted by molar-refractivity contribution is 5.85. The minimum absolute atomic E-state index is 0.0120. The minimum atomic E-state index is -0.879. The summed E-state index contributed by atoms with van der Waals surface area (Å²) in [5.74, 6) is 0.704. The van der Waals surface area contributed by atoms with Crippen LogP contribution in [0.3, 0.4) is 0 Å². The van der Waals surface area contributed by atoms with Crippen LogP contribution in [0.1, 0.15) is 26.7 Å². The molecule has 1 aliphatic heterocycles. The third kappa shape index (κ3) is 4.41. The normalized spacial score (nSPS) is 15.5. The number of rotatable bonds is 6. The number of imidazole rings is 1. The SMILES string of the molecule is CC(C)(COC1CCN(c2ccc(-c3nc4cc(O)c(N)cc4[nH]3)cn2)CC1)C(=O)O. The van der Waals surface area contributed by atoms with Gasteiger partial charge in [-0.1, -0.05) is 0 Å². The molecule has 0 bridgehead atoms. The summed E-state index contributed by atoms with van der Waals surface area (Å²) in [5.41, 5.74) is 7.40. The zero-order chi connectivity index (χ0) is 22.2. The Morgan fingerprint density at radius 2 is 2.06 bits per heavy atom. The average molecular weight is 425 g/mol. The van der Waals surface area contributed by atoms with E-state index in [1.807, 2.05) is 12.1 Å². The van der Waals surface area contributed by atoms with Gasteiger partial charge >= 0.3 is 5.97 Å². The van der Waals surface area contributed by atoms with E-state index in [0.717, 1.165) is 42.8 Å². The molecule has 9 nitrogen and oxygen atoms in total. The Labute approximate surface area is 179 Å². The average Bonchev–Trinajstić information content (AvgIpc) is 3.16. The number of hydrogen-bond donors (Lipinski definition) is 4. The van der Waals surface area contributed by atoms with Crippen LogP contribution < -0.4 is 10.6 Å². The van der Waals surface area contributed by atoms with Crippen molar-refractivity contribution in [3.05, 3.63) is 30.5 Å². The number of phenols is 1. The van der Waals surface area contributed by atoms with Crippen LogP contribution in [0.5, 0.6) is 5.75 Å². The van der Waals surface area contributed by atoms with E-state index in [0.29, 0.717) is 17.0 Å². The number of nitrogens with one attached hydrogen (secondary N) is 1. The Morgan fingerprint density at radius 3 is 2.71 bits per heavy atom. The van der Waals surface area contributed by atoms with Gasteiger partial charge in [0, 0.05) is 30.9 Å². The Kier molecular flexibility index (Phi) is 5.45. The first-order valence-corrected chi connectivity index (χ1v) is 10.3. The number of piperidine rings is 1. The van der Waals surface area contributed by atoms with Crippen molar-refractivity contribution in [2.45, 2.75) is 32.8 Å². The fraction of sp³-hybridized carbons (Fsp3) is 0.409. The summed E-state index contributed by atoms with van der Waals surface area (Å²) in [6, 6.07) is 7.12. The lowest BCUT2D eigenvalue weighted by atomic mass is 9.95. The minimum Gasteiger partial charge on any atom is -0.506 e. The van der Waals surface area contributed by atoms with E-state index in [-0.39, 0.29) is 18.5 Å². The molecular formula is C22H27N5O4. The molecule has 1 aliphatic rings. The maximum Gasteiger partial charge on any atom is 0.311 e. The van der Waals surface area contributed by atoms with Crippen molar-refractivity contribution in [3.8, 4) is 17.1 Å². The monoisotopic (exact) mass is 425 g/mol. The van der Waals surface area contributed by atoms with Gasteiger partial charge in [-0.15, -0.1) is 0 Å². The first-order valence-electron chi connectivity index (χ1n) is 10.3. The molecule has 5 N–H and O–H groups in total. The van der Waals surface area contributed by atoms with Crippen molar-refractivity contribution in [3.63, 3.8) is 0 Å². The summed E-state index contributed by atoms with van der Waals surface area (Å²) in [6.45, 7) is 5.16. The lowest BCUT2D eigenvalue weighted by molar-refractivity contribution is -0.152. The number of aromatic hydroxyl groups is 1. The molecule has 164 valence electrons. The van der Waals surface area contributed by atoms with E-state index in [1.165, 1.54) is 6.07 Å². The van der Waals surface area contributed by atoms with Gasteiger partial charge in [0.2, 0.25) is 0 Å².